The number of nitrogens with one attached hydrogen (secondary N) is 2. The van der Waals surface area contributed by atoms with Crippen molar-refractivity contribution in [3.63, 3.8) is 0 Å². The third-order valence-corrected chi connectivity index (χ3v) is 5.37. The SMILES string of the molecule is CC1(C)C=C2NC(Nc3nc4ccccc4o3)=N[C@H](c3ccccc3)[C@H]2C(=O)C1. The summed E-state index contributed by atoms with van der Waals surface area (Å²) in [5.74, 6) is 0.427. The molecule has 1 aliphatic carbocycles. The van der Waals surface area contributed by atoms with Crippen LogP contribution < -0.4 is 10.6 Å². The Bertz CT molecular complexity index is 1110. The van der Waals surface area contributed by atoms with Crippen LogP contribution in [0.3, 0.4) is 0 Å². The number of para-hydroxylation sites is 2. The molecule has 0 unspecified atom stereocenters. The number of hydrogen-bond acceptors (Lipinski definition) is 6. The van der Waals surface area contributed by atoms with Gasteiger partial charge in [0.15, 0.2) is 5.58 Å². The van der Waals surface area contributed by atoms with E-state index in [4.69, 9.17) is 9.41 Å². The maximum atomic E-state index is 13.0. The summed E-state index contributed by atoms with van der Waals surface area (Å²) >= 11 is 0. The number of ketones is 1. The van der Waals surface area contributed by atoms with Gasteiger partial charge in [-0.25, -0.2) is 4.99 Å². The van der Waals surface area contributed by atoms with Crippen LogP contribution in [-0.2, 0) is 4.79 Å². The summed E-state index contributed by atoms with van der Waals surface area (Å²) in [5.41, 5.74) is 3.18. The van der Waals surface area contributed by atoms with Crippen molar-refractivity contribution in [2.75, 3.05) is 5.32 Å². The predicted molar refractivity (Wildman–Crippen MR) is 112 cm³/mol. The summed E-state index contributed by atoms with van der Waals surface area (Å²) in [6.45, 7) is 4.15. The van der Waals surface area contributed by atoms with Gasteiger partial charge in [0.05, 0.1) is 12.0 Å². The summed E-state index contributed by atoms with van der Waals surface area (Å²) in [7, 11) is 0. The molecule has 0 bridgehead atoms. The number of carbonyl (C=O) groups excluding carboxylic acids is 1. The first-order chi connectivity index (χ1) is 14.0. The zero-order valence-corrected chi connectivity index (χ0v) is 16.3. The van der Waals surface area contributed by atoms with Crippen LogP contribution in [0.25, 0.3) is 11.1 Å². The van der Waals surface area contributed by atoms with E-state index in [1.165, 1.54) is 0 Å². The van der Waals surface area contributed by atoms with Crippen molar-refractivity contribution in [3.05, 3.63) is 71.9 Å². The van der Waals surface area contributed by atoms with Crippen molar-refractivity contribution in [1.29, 1.82) is 0 Å². The molecule has 5 rings (SSSR count). The van der Waals surface area contributed by atoms with Gasteiger partial charge >= 0.3 is 6.01 Å². The minimum absolute atomic E-state index is 0.197. The minimum Gasteiger partial charge on any atom is -0.423 e. The van der Waals surface area contributed by atoms with Gasteiger partial charge in [0.25, 0.3) is 0 Å². The lowest BCUT2D eigenvalue weighted by Gasteiger charge is -2.38. The Hall–Kier alpha value is -3.41. The molecular formula is C23H22N4O2. The van der Waals surface area contributed by atoms with Gasteiger partial charge in [-0.3, -0.25) is 10.1 Å². The van der Waals surface area contributed by atoms with E-state index >= 15 is 0 Å². The molecule has 3 aromatic rings. The molecule has 1 aromatic heterocycles. The fraction of sp³-hybridized carbons (Fsp3) is 0.261. The van der Waals surface area contributed by atoms with E-state index in [2.05, 4.69) is 35.5 Å². The van der Waals surface area contributed by atoms with E-state index in [9.17, 15) is 4.79 Å². The molecule has 0 saturated carbocycles. The lowest BCUT2D eigenvalue weighted by Crippen LogP contribution is -2.45. The smallest absolute Gasteiger partial charge is 0.302 e. The quantitative estimate of drug-likeness (QED) is 0.681. The van der Waals surface area contributed by atoms with Gasteiger partial charge in [0, 0.05) is 12.1 Å². The van der Waals surface area contributed by atoms with Crippen LogP contribution in [0.15, 0.2) is 75.8 Å². The molecule has 2 N–H and O–H groups in total. The molecule has 1 aliphatic heterocycles. The monoisotopic (exact) mass is 386 g/mol. The predicted octanol–water partition coefficient (Wildman–Crippen LogP) is 4.44. The Morgan fingerprint density at radius 2 is 1.86 bits per heavy atom. The highest BCUT2D eigenvalue weighted by Crippen LogP contribution is 2.42. The first kappa shape index (κ1) is 17.7. The van der Waals surface area contributed by atoms with Gasteiger partial charge < -0.3 is 9.73 Å². The van der Waals surface area contributed by atoms with E-state index in [1.807, 2.05) is 54.6 Å². The second kappa shape index (κ2) is 6.58. The summed E-state index contributed by atoms with van der Waals surface area (Å²) < 4.78 is 5.78. The number of anilines is 1. The fourth-order valence-electron chi connectivity index (χ4n) is 4.14. The van der Waals surface area contributed by atoms with Gasteiger partial charge in [-0.1, -0.05) is 62.4 Å². The second-order valence-corrected chi connectivity index (χ2v) is 8.28. The fourth-order valence-corrected chi connectivity index (χ4v) is 4.14. The molecule has 2 atom stereocenters. The molecule has 0 fully saturated rings. The number of benzene rings is 2. The lowest BCUT2D eigenvalue weighted by atomic mass is 9.72. The second-order valence-electron chi connectivity index (χ2n) is 8.28. The maximum Gasteiger partial charge on any atom is 0.302 e. The molecule has 2 aliphatic rings. The van der Waals surface area contributed by atoms with Crippen molar-refractivity contribution >= 4 is 28.9 Å². The number of aromatic nitrogens is 1. The maximum absolute atomic E-state index is 13.0. The number of hydrogen-bond donors (Lipinski definition) is 2. The van der Waals surface area contributed by atoms with Crippen LogP contribution in [-0.4, -0.2) is 16.7 Å². The third-order valence-electron chi connectivity index (χ3n) is 5.37. The third kappa shape index (κ3) is 3.31. The molecule has 29 heavy (non-hydrogen) atoms. The molecule has 146 valence electrons. The van der Waals surface area contributed by atoms with Gasteiger partial charge in [-0.15, -0.1) is 0 Å². The molecule has 0 saturated heterocycles. The number of aliphatic imine (C=N–C) groups is 1. The standard InChI is InChI=1S/C23H22N4O2/c1-23(2)12-16-19(17(28)13-23)20(14-8-4-3-5-9-14)26-21(24-16)27-22-25-15-10-6-7-11-18(15)29-22/h3-12,19-20H,13H2,1-2H3,(H2,24,25,26,27)/t19-,20-/m1/s1. The van der Waals surface area contributed by atoms with Gasteiger partial charge in [-0.05, 0) is 23.1 Å². The Labute approximate surface area is 168 Å². The van der Waals surface area contributed by atoms with Crippen molar-refractivity contribution in [3.8, 4) is 0 Å². The van der Waals surface area contributed by atoms with Crippen LogP contribution >= 0.6 is 0 Å². The Balaban J connectivity index is 1.55. The first-order valence-electron chi connectivity index (χ1n) is 9.76. The zero-order chi connectivity index (χ0) is 20.0. The van der Waals surface area contributed by atoms with Gasteiger partial charge in [0.1, 0.15) is 11.3 Å². The number of fused-ring (bicyclic) bond motifs is 2. The normalized spacial score (nSPS) is 23.0. The van der Waals surface area contributed by atoms with Crippen LogP contribution in [0.4, 0.5) is 6.01 Å². The van der Waals surface area contributed by atoms with Crippen LogP contribution in [0.1, 0.15) is 31.9 Å². The lowest BCUT2D eigenvalue weighted by molar-refractivity contribution is -0.124. The first-order valence-corrected chi connectivity index (χ1v) is 9.76. The molecule has 6 heteroatoms. The van der Waals surface area contributed by atoms with Gasteiger partial charge in [0.2, 0.25) is 5.96 Å². The van der Waals surface area contributed by atoms with Crippen molar-refractivity contribution in [2.24, 2.45) is 16.3 Å². The molecule has 0 amide bonds. The van der Waals surface area contributed by atoms with Gasteiger partial charge in [-0.2, -0.15) is 4.98 Å². The largest absolute Gasteiger partial charge is 0.423 e. The number of Topliss-reactive ketones (excluding diaryl/α,β-unsaturated/α-hetero) is 1. The highest BCUT2D eigenvalue weighted by molar-refractivity contribution is 5.98. The number of guanidine groups is 1. The van der Waals surface area contributed by atoms with Crippen molar-refractivity contribution in [1.82, 2.24) is 10.3 Å². The van der Waals surface area contributed by atoms with E-state index in [1.54, 1.807) is 0 Å². The molecule has 0 radical (unpaired) electrons. The number of nitrogens with zero attached hydrogens (tertiary/aromatic N) is 2. The van der Waals surface area contributed by atoms with Crippen LogP contribution in [0.2, 0.25) is 0 Å². The molecule has 6 nitrogen and oxygen atoms in total. The Morgan fingerprint density at radius 1 is 1.10 bits per heavy atom. The topological polar surface area (TPSA) is 79.5 Å². The average Bonchev–Trinajstić information content (AvgIpc) is 3.09. The number of rotatable bonds is 2. The van der Waals surface area contributed by atoms with E-state index in [0.717, 1.165) is 16.8 Å². The highest BCUT2D eigenvalue weighted by Gasteiger charge is 2.42. The van der Waals surface area contributed by atoms with Crippen molar-refractivity contribution < 1.29 is 9.21 Å². The Kier molecular flexibility index (Phi) is 4.01. The molecule has 0 spiro atoms. The van der Waals surface area contributed by atoms with Crippen molar-refractivity contribution in [2.45, 2.75) is 26.3 Å². The van der Waals surface area contributed by atoms with E-state index in [-0.39, 0.29) is 23.2 Å². The van der Waals surface area contributed by atoms with Crippen LogP contribution in [0, 0.1) is 11.3 Å². The number of carbonyl (C=O) groups is 1. The zero-order valence-electron chi connectivity index (χ0n) is 16.3. The Morgan fingerprint density at radius 3 is 2.66 bits per heavy atom. The van der Waals surface area contributed by atoms with E-state index in [0.29, 0.717) is 24.0 Å². The number of allylic oxidation sites excluding steroid dienone is 1. The minimum atomic E-state index is -0.306. The average molecular weight is 386 g/mol. The summed E-state index contributed by atoms with van der Waals surface area (Å²) in [5, 5.41) is 6.47. The molecule has 2 heterocycles. The summed E-state index contributed by atoms with van der Waals surface area (Å²) in [6, 6.07) is 17.6. The molecule has 2 aromatic carbocycles. The number of oxazole rings is 1. The molecular weight excluding hydrogens is 364 g/mol. The summed E-state index contributed by atoms with van der Waals surface area (Å²) in [4.78, 5) is 22.3. The van der Waals surface area contributed by atoms with Crippen LogP contribution in [0.5, 0.6) is 0 Å². The van der Waals surface area contributed by atoms with E-state index < -0.39 is 0 Å². The highest BCUT2D eigenvalue weighted by atomic mass is 16.4. The summed E-state index contributed by atoms with van der Waals surface area (Å²) in [6.07, 6.45) is 2.66.